The number of hydrogen-bond donors (Lipinski definition) is 1. The smallest absolute Gasteiger partial charge is 0.283 e. The van der Waals surface area contributed by atoms with Crippen molar-refractivity contribution in [3.05, 3.63) is 87.6 Å². The van der Waals surface area contributed by atoms with Crippen molar-refractivity contribution >= 4 is 38.7 Å². The molecule has 0 radical (unpaired) electrons. The highest BCUT2D eigenvalue weighted by Gasteiger charge is 2.34. The fourth-order valence-corrected chi connectivity index (χ4v) is 4.68. The summed E-state index contributed by atoms with van der Waals surface area (Å²) in [5, 5.41) is 8.04. The monoisotopic (exact) mass is 439 g/mol. The molecule has 30 heavy (non-hydrogen) atoms. The molecule has 0 fully saturated rings. The van der Waals surface area contributed by atoms with E-state index in [0.717, 1.165) is 17.4 Å². The van der Waals surface area contributed by atoms with Gasteiger partial charge in [0.05, 0.1) is 28.6 Å². The number of sulfonamides is 1. The SMILES string of the molecule is Cc1ccc([C@H]2CC(c3ccccc3NS(C)(=O)=O)=NN2C(=O)c2cccs2)cc1. The number of nitrogens with one attached hydrogen (secondary N) is 1. The standard InChI is InChI=1S/C22H21N3O3S2/c1-15-9-11-16(12-10-15)20-14-19(23-25(20)22(26)21-8-5-13-29-21)17-6-3-4-7-18(17)24-30(2,27)28/h3-13,20,24H,14H2,1-2H3/t20-/m1/s1. The zero-order valence-corrected chi connectivity index (χ0v) is 18.2. The van der Waals surface area contributed by atoms with E-state index in [0.29, 0.717) is 28.3 Å². The Labute approximate surface area is 179 Å². The van der Waals surface area contributed by atoms with Gasteiger partial charge in [-0.05, 0) is 30.0 Å². The van der Waals surface area contributed by atoms with E-state index >= 15 is 0 Å². The molecule has 3 aromatic rings. The summed E-state index contributed by atoms with van der Waals surface area (Å²) in [5.74, 6) is -0.167. The molecule has 2 heterocycles. The molecule has 6 nitrogen and oxygen atoms in total. The van der Waals surface area contributed by atoms with Crippen LogP contribution >= 0.6 is 11.3 Å². The van der Waals surface area contributed by atoms with Crippen LogP contribution in [0.5, 0.6) is 0 Å². The largest absolute Gasteiger partial charge is 0.284 e. The van der Waals surface area contributed by atoms with Crippen molar-refractivity contribution in [3.8, 4) is 0 Å². The van der Waals surface area contributed by atoms with Crippen molar-refractivity contribution in [3.63, 3.8) is 0 Å². The van der Waals surface area contributed by atoms with E-state index in [1.165, 1.54) is 16.3 Å². The normalized spacial score (nSPS) is 16.4. The Hall–Kier alpha value is -2.97. The highest BCUT2D eigenvalue weighted by molar-refractivity contribution is 7.92. The summed E-state index contributed by atoms with van der Waals surface area (Å²) >= 11 is 1.37. The fourth-order valence-electron chi connectivity index (χ4n) is 3.45. The Kier molecular flexibility index (Phi) is 5.44. The van der Waals surface area contributed by atoms with Crippen LogP contribution in [0.4, 0.5) is 5.69 Å². The highest BCUT2D eigenvalue weighted by atomic mass is 32.2. The number of carbonyl (C=O) groups excluding carboxylic acids is 1. The van der Waals surface area contributed by atoms with Gasteiger partial charge in [-0.2, -0.15) is 5.10 Å². The topological polar surface area (TPSA) is 78.8 Å². The van der Waals surface area contributed by atoms with Crippen LogP contribution in [0.3, 0.4) is 0 Å². The van der Waals surface area contributed by atoms with Gasteiger partial charge in [-0.15, -0.1) is 11.3 Å². The van der Waals surface area contributed by atoms with Crippen molar-refractivity contribution in [2.75, 3.05) is 11.0 Å². The molecule has 0 saturated carbocycles. The second-order valence-corrected chi connectivity index (χ2v) is 9.92. The molecular weight excluding hydrogens is 418 g/mol. The van der Waals surface area contributed by atoms with Gasteiger partial charge in [0.2, 0.25) is 10.0 Å². The molecule has 1 N–H and O–H groups in total. The van der Waals surface area contributed by atoms with Crippen molar-refractivity contribution in [2.24, 2.45) is 5.10 Å². The number of hydrogen-bond acceptors (Lipinski definition) is 5. The molecule has 154 valence electrons. The van der Waals surface area contributed by atoms with Crippen molar-refractivity contribution in [1.82, 2.24) is 5.01 Å². The molecule has 1 aliphatic heterocycles. The number of benzene rings is 2. The third kappa shape index (κ3) is 4.29. The summed E-state index contributed by atoms with van der Waals surface area (Å²) in [7, 11) is -3.45. The fraction of sp³-hybridized carbons (Fsp3) is 0.182. The minimum absolute atomic E-state index is 0.167. The summed E-state index contributed by atoms with van der Waals surface area (Å²) in [6, 6.07) is 18.5. The lowest BCUT2D eigenvalue weighted by atomic mass is 9.97. The van der Waals surface area contributed by atoms with Gasteiger partial charge >= 0.3 is 0 Å². The Morgan fingerprint density at radius 2 is 1.83 bits per heavy atom. The maximum Gasteiger partial charge on any atom is 0.284 e. The number of hydrazone groups is 1. The summed E-state index contributed by atoms with van der Waals surface area (Å²) < 4.78 is 26.1. The first kappa shape index (κ1) is 20.3. The minimum atomic E-state index is -3.45. The second kappa shape index (κ2) is 8.04. The quantitative estimate of drug-likeness (QED) is 0.639. The van der Waals surface area contributed by atoms with Gasteiger partial charge in [0, 0.05) is 12.0 Å². The lowest BCUT2D eigenvalue weighted by molar-refractivity contribution is 0.0716. The molecule has 4 rings (SSSR count). The summed E-state index contributed by atoms with van der Waals surface area (Å²) in [6.07, 6.45) is 1.60. The third-order valence-corrected chi connectivity index (χ3v) is 6.29. The number of rotatable bonds is 5. The third-order valence-electron chi connectivity index (χ3n) is 4.85. The number of nitrogens with zero attached hydrogens (tertiary/aromatic N) is 2. The number of anilines is 1. The Morgan fingerprint density at radius 3 is 2.50 bits per heavy atom. The van der Waals surface area contributed by atoms with Crippen LogP contribution in [0.15, 0.2) is 71.1 Å². The highest BCUT2D eigenvalue weighted by Crippen LogP contribution is 2.36. The maximum absolute atomic E-state index is 13.2. The van der Waals surface area contributed by atoms with Crippen LogP contribution in [0.1, 0.15) is 38.8 Å². The molecule has 1 amide bonds. The second-order valence-electron chi connectivity index (χ2n) is 7.22. The zero-order chi connectivity index (χ0) is 21.3. The van der Waals surface area contributed by atoms with Gasteiger partial charge < -0.3 is 0 Å². The zero-order valence-electron chi connectivity index (χ0n) is 16.6. The van der Waals surface area contributed by atoms with Crippen LogP contribution in [0.25, 0.3) is 0 Å². The summed E-state index contributed by atoms with van der Waals surface area (Å²) in [6.45, 7) is 2.02. The first-order valence-electron chi connectivity index (χ1n) is 9.40. The van der Waals surface area contributed by atoms with E-state index in [1.807, 2.05) is 54.8 Å². The van der Waals surface area contributed by atoms with Gasteiger partial charge in [0.1, 0.15) is 0 Å². The Morgan fingerprint density at radius 1 is 1.10 bits per heavy atom. The van der Waals surface area contributed by atoms with Crippen molar-refractivity contribution in [1.29, 1.82) is 0 Å². The number of para-hydroxylation sites is 1. The van der Waals surface area contributed by atoms with Crippen molar-refractivity contribution < 1.29 is 13.2 Å². The number of amides is 1. The predicted molar refractivity (Wildman–Crippen MR) is 120 cm³/mol. The molecule has 0 aliphatic carbocycles. The molecule has 0 spiro atoms. The molecule has 1 aromatic heterocycles. The average Bonchev–Trinajstić information content (AvgIpc) is 3.38. The van der Waals surface area contributed by atoms with Crippen molar-refractivity contribution in [2.45, 2.75) is 19.4 Å². The minimum Gasteiger partial charge on any atom is -0.283 e. The first-order valence-corrected chi connectivity index (χ1v) is 12.2. The Balaban J connectivity index is 1.76. The van der Waals surface area contributed by atoms with Crippen LogP contribution in [0, 0.1) is 6.92 Å². The van der Waals surface area contributed by atoms with Gasteiger partial charge in [-0.3, -0.25) is 9.52 Å². The molecular formula is C22H21N3O3S2. The number of thiophene rings is 1. The van der Waals surface area contributed by atoms with Crippen LogP contribution in [0.2, 0.25) is 0 Å². The van der Waals surface area contributed by atoms with Gasteiger partial charge in [0.25, 0.3) is 5.91 Å². The van der Waals surface area contributed by atoms with E-state index in [9.17, 15) is 13.2 Å². The van der Waals surface area contributed by atoms with E-state index in [-0.39, 0.29) is 11.9 Å². The number of carbonyl (C=O) groups is 1. The maximum atomic E-state index is 13.2. The van der Waals surface area contributed by atoms with E-state index in [4.69, 9.17) is 0 Å². The van der Waals surface area contributed by atoms with Crippen LogP contribution in [-0.4, -0.2) is 31.3 Å². The average molecular weight is 440 g/mol. The molecule has 0 unspecified atom stereocenters. The molecule has 2 aromatic carbocycles. The Bertz CT molecular complexity index is 1200. The van der Waals surface area contributed by atoms with Gasteiger partial charge in [-0.1, -0.05) is 54.1 Å². The molecule has 1 aliphatic rings. The first-order chi connectivity index (χ1) is 14.3. The van der Waals surface area contributed by atoms with Gasteiger partial charge in [0.15, 0.2) is 0 Å². The molecule has 1 atom stereocenters. The van der Waals surface area contributed by atoms with Gasteiger partial charge in [-0.25, -0.2) is 13.4 Å². The molecule has 0 bridgehead atoms. The van der Waals surface area contributed by atoms with Crippen LogP contribution in [-0.2, 0) is 10.0 Å². The van der Waals surface area contributed by atoms with Crippen LogP contribution < -0.4 is 4.72 Å². The predicted octanol–water partition coefficient (Wildman–Crippen LogP) is 4.42. The lowest BCUT2D eigenvalue weighted by Crippen LogP contribution is -2.26. The molecule has 8 heteroatoms. The van der Waals surface area contributed by atoms with E-state index < -0.39 is 10.0 Å². The van der Waals surface area contributed by atoms with E-state index in [1.54, 1.807) is 18.2 Å². The lowest BCUT2D eigenvalue weighted by Gasteiger charge is -2.21. The summed E-state index contributed by atoms with van der Waals surface area (Å²) in [4.78, 5) is 13.8. The molecule has 0 saturated heterocycles. The number of aryl methyl sites for hydroxylation is 1. The van der Waals surface area contributed by atoms with E-state index in [2.05, 4.69) is 9.82 Å². The summed E-state index contributed by atoms with van der Waals surface area (Å²) in [5.41, 5.74) is 3.90.